The summed E-state index contributed by atoms with van der Waals surface area (Å²) >= 11 is 0. The Morgan fingerprint density at radius 3 is 1.86 bits per heavy atom. The van der Waals surface area contributed by atoms with Crippen LogP contribution in [0.3, 0.4) is 0 Å². The molecule has 0 unspecified atom stereocenters. The van der Waals surface area contributed by atoms with Crippen molar-refractivity contribution < 1.29 is 0 Å². The molecule has 37 heavy (non-hydrogen) atoms. The van der Waals surface area contributed by atoms with Crippen LogP contribution in [0.5, 0.6) is 0 Å². The lowest BCUT2D eigenvalue weighted by Crippen LogP contribution is -2.08. The van der Waals surface area contributed by atoms with Gasteiger partial charge in [-0.15, -0.1) is 0 Å². The number of aryl methyl sites for hydroxylation is 2. The third-order valence-electron chi connectivity index (χ3n) is 8.86. The Labute approximate surface area is 218 Å². The second kappa shape index (κ2) is 7.43. The predicted molar refractivity (Wildman–Crippen MR) is 157 cm³/mol. The first-order valence-electron chi connectivity index (χ1n) is 13.4. The van der Waals surface area contributed by atoms with Gasteiger partial charge in [0.05, 0.1) is 0 Å². The summed E-state index contributed by atoms with van der Waals surface area (Å²) in [5, 5.41) is 2.82. The number of rotatable bonds is 1. The second-order valence-electron chi connectivity index (χ2n) is 10.9. The van der Waals surface area contributed by atoms with Gasteiger partial charge in [0, 0.05) is 0 Å². The quantitative estimate of drug-likeness (QED) is 0.223. The molecule has 5 aromatic rings. The van der Waals surface area contributed by atoms with Crippen molar-refractivity contribution >= 4 is 16.3 Å². The maximum atomic E-state index is 2.50. The Morgan fingerprint density at radius 1 is 0.568 bits per heavy atom. The van der Waals surface area contributed by atoms with Crippen molar-refractivity contribution in [1.82, 2.24) is 0 Å². The van der Waals surface area contributed by atoms with Crippen LogP contribution in [0, 0.1) is 13.8 Å². The summed E-state index contributed by atoms with van der Waals surface area (Å²) in [5.74, 6) is 0. The highest BCUT2D eigenvalue weighted by Crippen LogP contribution is 2.51. The highest BCUT2D eigenvalue weighted by Gasteiger charge is 2.29. The Bertz CT molecular complexity index is 1890. The van der Waals surface area contributed by atoms with Gasteiger partial charge in [-0.25, -0.2) is 0 Å². The van der Waals surface area contributed by atoms with Gasteiger partial charge in [-0.2, -0.15) is 0 Å². The van der Waals surface area contributed by atoms with Crippen LogP contribution in [0.15, 0.2) is 91.0 Å². The minimum absolute atomic E-state index is 1.00. The highest BCUT2D eigenvalue weighted by molar-refractivity contribution is 6.16. The molecule has 176 valence electrons. The molecule has 5 aromatic carbocycles. The van der Waals surface area contributed by atoms with E-state index in [-0.39, 0.29) is 0 Å². The Kier molecular flexibility index (Phi) is 4.21. The highest BCUT2D eigenvalue weighted by atomic mass is 14.3. The molecule has 0 amide bonds. The normalized spacial score (nSPS) is 15.2. The molecule has 0 aliphatic heterocycles. The molecule has 0 bridgehead atoms. The predicted octanol–water partition coefficient (Wildman–Crippen LogP) is 9.59. The summed E-state index contributed by atoms with van der Waals surface area (Å²) in [6, 6.07) is 28.2. The van der Waals surface area contributed by atoms with Crippen LogP contribution in [-0.4, -0.2) is 0 Å². The molecule has 0 heteroatoms. The Morgan fingerprint density at radius 2 is 1.16 bits per heavy atom. The van der Waals surface area contributed by atoms with Gasteiger partial charge in [-0.3, -0.25) is 0 Å². The fraction of sp³-hybridized carbons (Fsp3) is 0.135. The minimum atomic E-state index is 1.00. The van der Waals surface area contributed by atoms with E-state index in [2.05, 4.69) is 112 Å². The lowest BCUT2D eigenvalue weighted by atomic mass is 9.81. The molecule has 3 aliphatic carbocycles. The maximum Gasteiger partial charge on any atom is -0.00196 e. The van der Waals surface area contributed by atoms with Crippen molar-refractivity contribution in [3.8, 4) is 33.4 Å². The van der Waals surface area contributed by atoms with E-state index in [0.29, 0.717) is 0 Å². The monoisotopic (exact) mass is 472 g/mol. The summed E-state index contributed by atoms with van der Waals surface area (Å²) in [7, 11) is 0. The van der Waals surface area contributed by atoms with Crippen LogP contribution >= 0.6 is 0 Å². The van der Waals surface area contributed by atoms with Crippen LogP contribution in [-0.2, 0) is 12.8 Å². The van der Waals surface area contributed by atoms with Crippen LogP contribution in [0.1, 0.15) is 51.4 Å². The molecule has 0 heterocycles. The van der Waals surface area contributed by atoms with Crippen LogP contribution in [0.25, 0.3) is 49.7 Å². The zero-order valence-electron chi connectivity index (χ0n) is 21.6. The molecule has 0 saturated heterocycles. The van der Waals surface area contributed by atoms with E-state index >= 15 is 0 Å². The van der Waals surface area contributed by atoms with Gasteiger partial charge in [0.1, 0.15) is 0 Å². The van der Waals surface area contributed by atoms with E-state index in [9.17, 15) is 0 Å². The van der Waals surface area contributed by atoms with Gasteiger partial charge in [-0.1, -0.05) is 66.8 Å². The number of allylic oxidation sites excluding steroid dienone is 3. The summed E-state index contributed by atoms with van der Waals surface area (Å²) in [4.78, 5) is 0. The molecule has 3 aliphatic rings. The van der Waals surface area contributed by atoms with E-state index in [4.69, 9.17) is 0 Å². The first-order chi connectivity index (χ1) is 18.1. The smallest absolute Gasteiger partial charge is 0.00196 e. The van der Waals surface area contributed by atoms with E-state index in [1.165, 1.54) is 94.2 Å². The first-order valence-corrected chi connectivity index (χ1v) is 13.4. The van der Waals surface area contributed by atoms with Gasteiger partial charge < -0.3 is 0 Å². The summed E-state index contributed by atoms with van der Waals surface area (Å²) in [5.41, 5.74) is 21.2. The lowest BCUT2D eigenvalue weighted by Gasteiger charge is -2.23. The lowest BCUT2D eigenvalue weighted by molar-refractivity contribution is 1.00. The first kappa shape index (κ1) is 21.0. The van der Waals surface area contributed by atoms with E-state index in [1.54, 1.807) is 0 Å². The van der Waals surface area contributed by atoms with E-state index < -0.39 is 0 Å². The van der Waals surface area contributed by atoms with Crippen LogP contribution < -0.4 is 0 Å². The number of benzene rings is 5. The molecule has 0 aromatic heterocycles. The molecule has 0 N–H and O–H groups in total. The van der Waals surface area contributed by atoms with Crippen molar-refractivity contribution in [2.75, 3.05) is 0 Å². The molecule has 0 nitrogen and oxygen atoms in total. The Hall–Kier alpha value is -4.16. The molecule has 8 rings (SSSR count). The third-order valence-corrected chi connectivity index (χ3v) is 8.86. The van der Waals surface area contributed by atoms with Gasteiger partial charge in [-0.05, 0) is 152 Å². The van der Waals surface area contributed by atoms with Crippen LogP contribution in [0.2, 0.25) is 0 Å². The van der Waals surface area contributed by atoms with Gasteiger partial charge in [0.2, 0.25) is 0 Å². The summed E-state index contributed by atoms with van der Waals surface area (Å²) in [6.07, 6.45) is 8.61. The second-order valence-corrected chi connectivity index (χ2v) is 10.9. The topological polar surface area (TPSA) is 0 Å². The van der Waals surface area contributed by atoms with Gasteiger partial charge >= 0.3 is 0 Å². The molecule has 0 saturated carbocycles. The fourth-order valence-electron chi connectivity index (χ4n) is 7.09. The molecular weight excluding hydrogens is 444 g/mol. The summed E-state index contributed by atoms with van der Waals surface area (Å²) in [6.45, 7) is 6.56. The number of hydrogen-bond acceptors (Lipinski definition) is 0. The SMILES string of the molecule is C/C=C\C=C1\c2cc3c(cc2-c2cccc(C)c21)Cc1cc2c(cc1C3)-c1ccc(C)c3cccc-2c13. The number of hydrogen-bond donors (Lipinski definition) is 0. The molecule has 0 atom stereocenters. The minimum Gasteiger partial charge on any atom is -0.0876 e. The average Bonchev–Trinajstić information content (AvgIpc) is 3.39. The van der Waals surface area contributed by atoms with Gasteiger partial charge in [0.15, 0.2) is 0 Å². The van der Waals surface area contributed by atoms with Crippen molar-refractivity contribution in [2.45, 2.75) is 33.6 Å². The molecule has 0 radical (unpaired) electrons. The zero-order chi connectivity index (χ0) is 24.8. The number of fused-ring (bicyclic) bond motifs is 8. The Balaban J connectivity index is 1.30. The largest absolute Gasteiger partial charge is 0.0876 e. The molecular formula is C37H28. The van der Waals surface area contributed by atoms with Crippen molar-refractivity contribution in [1.29, 1.82) is 0 Å². The van der Waals surface area contributed by atoms with Crippen molar-refractivity contribution in [2.24, 2.45) is 0 Å². The summed E-state index contributed by atoms with van der Waals surface area (Å²) < 4.78 is 0. The zero-order valence-corrected chi connectivity index (χ0v) is 21.6. The maximum absolute atomic E-state index is 2.50. The van der Waals surface area contributed by atoms with Crippen LogP contribution in [0.4, 0.5) is 0 Å². The molecule has 0 spiro atoms. The standard InChI is InChI=1S/C37H28/c1-4-5-9-28-32-17-23-16-26-20-35-31-14-13-21(2)27-10-7-12-30(37(27)31)34(35)19-25(26)15-24(23)18-33(32)29-11-6-8-22(3)36(28)29/h4-14,17-20H,15-16H2,1-3H3/b5-4-,28-9-. The molecule has 0 fully saturated rings. The van der Waals surface area contributed by atoms with E-state index in [1.807, 2.05) is 0 Å². The van der Waals surface area contributed by atoms with Crippen molar-refractivity contribution in [3.05, 3.63) is 136 Å². The van der Waals surface area contributed by atoms with Crippen molar-refractivity contribution in [3.63, 3.8) is 0 Å². The van der Waals surface area contributed by atoms with E-state index in [0.717, 1.165) is 12.8 Å². The van der Waals surface area contributed by atoms with Gasteiger partial charge in [0.25, 0.3) is 0 Å². The fourth-order valence-corrected chi connectivity index (χ4v) is 7.09. The average molecular weight is 473 g/mol. The third kappa shape index (κ3) is 2.79.